The van der Waals surface area contributed by atoms with E-state index in [0.717, 1.165) is 0 Å². The van der Waals surface area contributed by atoms with Gasteiger partial charge >= 0.3 is 85.4 Å². The predicted molar refractivity (Wildman–Crippen MR) is 55.4 cm³/mol. The molecule has 0 saturated carbocycles. The van der Waals surface area contributed by atoms with Gasteiger partial charge in [-0.3, -0.25) is 0 Å². The van der Waals surface area contributed by atoms with Crippen LogP contribution >= 0.6 is 0 Å². The first-order valence-corrected chi connectivity index (χ1v) is 6.56. The second-order valence-corrected chi connectivity index (χ2v) is 5.97. The maximum absolute atomic E-state index is 5.79. The van der Waals surface area contributed by atoms with Crippen LogP contribution in [-0.2, 0) is 4.74 Å². The molecule has 0 aromatic heterocycles. The van der Waals surface area contributed by atoms with E-state index in [0.29, 0.717) is 26.1 Å². The van der Waals surface area contributed by atoms with Crippen LogP contribution in [0.4, 0.5) is 0 Å². The Labute approximate surface area is 85.6 Å². The number of hydrogen-bond donors (Lipinski definition) is 0. The fourth-order valence-electron chi connectivity index (χ4n) is 1.50. The van der Waals surface area contributed by atoms with Gasteiger partial charge in [0, 0.05) is 0 Å². The van der Waals surface area contributed by atoms with Crippen molar-refractivity contribution in [2.45, 2.75) is 30.9 Å². The third kappa shape index (κ3) is 2.57. The van der Waals surface area contributed by atoms with E-state index in [1.165, 1.54) is 17.3 Å². The summed E-state index contributed by atoms with van der Waals surface area (Å²) >= 11 is 0.506. The standard InChI is InChI=1S/C11H14OSe/c1-9-7-8-11(12-9)13-10-5-3-2-4-6-10/h2-6,9,11H,7-8H2,1H3/t9-,11+/m1/s1. The first-order chi connectivity index (χ1) is 6.34. The first-order valence-electron chi connectivity index (χ1n) is 4.72. The average Bonchev–Trinajstić information content (AvgIpc) is 2.53. The molecular formula is C11H14OSe. The minimum atomic E-state index is 0.482. The van der Waals surface area contributed by atoms with Gasteiger partial charge < -0.3 is 0 Å². The predicted octanol–water partition coefficient (Wildman–Crippen LogP) is 1.54. The van der Waals surface area contributed by atoms with Crippen molar-refractivity contribution in [3.63, 3.8) is 0 Å². The van der Waals surface area contributed by atoms with Crippen LogP contribution in [0.25, 0.3) is 0 Å². The van der Waals surface area contributed by atoms with Crippen LogP contribution in [-0.4, -0.2) is 26.1 Å². The molecule has 1 saturated heterocycles. The Morgan fingerprint density at radius 1 is 1.23 bits per heavy atom. The van der Waals surface area contributed by atoms with Gasteiger partial charge in [-0.15, -0.1) is 0 Å². The fourth-order valence-corrected chi connectivity index (χ4v) is 3.85. The van der Waals surface area contributed by atoms with Gasteiger partial charge in [0.1, 0.15) is 0 Å². The number of ether oxygens (including phenoxy) is 1. The SMILES string of the molecule is C[C@@H]1CC[C@H]([Se]c2ccccc2)O1. The molecule has 2 atom stereocenters. The molecule has 1 heterocycles. The third-order valence-corrected chi connectivity index (χ3v) is 4.62. The first kappa shape index (κ1) is 9.26. The van der Waals surface area contributed by atoms with Crippen molar-refractivity contribution in [2.24, 2.45) is 0 Å². The monoisotopic (exact) mass is 242 g/mol. The molecule has 1 aromatic rings. The molecule has 2 heteroatoms. The summed E-state index contributed by atoms with van der Waals surface area (Å²) in [6, 6.07) is 10.7. The normalized spacial score (nSPS) is 27.8. The Balaban J connectivity index is 1.92. The molecule has 1 fully saturated rings. The summed E-state index contributed by atoms with van der Waals surface area (Å²) in [6.45, 7) is 2.17. The topological polar surface area (TPSA) is 9.23 Å². The summed E-state index contributed by atoms with van der Waals surface area (Å²) in [5.41, 5.74) is 0. The van der Waals surface area contributed by atoms with Crippen LogP contribution < -0.4 is 4.46 Å². The zero-order chi connectivity index (χ0) is 9.10. The molecular weight excluding hydrogens is 227 g/mol. The van der Waals surface area contributed by atoms with Crippen LogP contribution in [0.15, 0.2) is 30.3 Å². The molecule has 0 radical (unpaired) electrons. The summed E-state index contributed by atoms with van der Waals surface area (Å²) in [5.74, 6) is 0. The Hall–Kier alpha value is -0.301. The van der Waals surface area contributed by atoms with Crippen LogP contribution in [0.3, 0.4) is 0 Å². The molecule has 0 bridgehead atoms. The zero-order valence-corrected chi connectivity index (χ0v) is 9.49. The van der Waals surface area contributed by atoms with E-state index in [1.807, 2.05) is 0 Å². The summed E-state index contributed by atoms with van der Waals surface area (Å²) in [5, 5.41) is 0.518. The number of rotatable bonds is 2. The Bertz CT molecular complexity index is 260. The van der Waals surface area contributed by atoms with E-state index >= 15 is 0 Å². The molecule has 1 nitrogen and oxygen atoms in total. The van der Waals surface area contributed by atoms with Crippen LogP contribution in [0.5, 0.6) is 0 Å². The summed E-state index contributed by atoms with van der Waals surface area (Å²) in [6.07, 6.45) is 2.96. The van der Waals surface area contributed by atoms with Gasteiger partial charge in [0.15, 0.2) is 0 Å². The van der Waals surface area contributed by atoms with E-state index in [4.69, 9.17) is 4.74 Å². The van der Waals surface area contributed by atoms with Gasteiger partial charge in [-0.2, -0.15) is 0 Å². The van der Waals surface area contributed by atoms with Gasteiger partial charge in [0.25, 0.3) is 0 Å². The Kier molecular flexibility index (Phi) is 3.05. The second-order valence-electron chi connectivity index (χ2n) is 3.38. The van der Waals surface area contributed by atoms with E-state index in [-0.39, 0.29) is 0 Å². The molecule has 13 heavy (non-hydrogen) atoms. The number of hydrogen-bond acceptors (Lipinski definition) is 1. The third-order valence-electron chi connectivity index (χ3n) is 2.20. The molecule has 1 aliphatic heterocycles. The van der Waals surface area contributed by atoms with Gasteiger partial charge in [-0.05, 0) is 0 Å². The quantitative estimate of drug-likeness (QED) is 0.714. The van der Waals surface area contributed by atoms with Crippen molar-refractivity contribution in [3.05, 3.63) is 30.3 Å². The minimum absolute atomic E-state index is 0.482. The average molecular weight is 241 g/mol. The van der Waals surface area contributed by atoms with Gasteiger partial charge in [0.05, 0.1) is 0 Å². The van der Waals surface area contributed by atoms with Crippen LogP contribution in [0.2, 0.25) is 0 Å². The molecule has 1 aromatic carbocycles. The molecule has 0 aliphatic carbocycles. The van der Waals surface area contributed by atoms with Crippen molar-refractivity contribution in [1.82, 2.24) is 0 Å². The molecule has 0 N–H and O–H groups in total. The Morgan fingerprint density at radius 3 is 2.62 bits per heavy atom. The van der Waals surface area contributed by atoms with E-state index in [1.54, 1.807) is 0 Å². The molecule has 0 unspecified atom stereocenters. The van der Waals surface area contributed by atoms with Crippen molar-refractivity contribution >= 4 is 19.4 Å². The van der Waals surface area contributed by atoms with Gasteiger partial charge in [-0.25, -0.2) is 0 Å². The van der Waals surface area contributed by atoms with Crippen LogP contribution in [0, 0.1) is 0 Å². The van der Waals surface area contributed by atoms with Crippen molar-refractivity contribution in [2.75, 3.05) is 0 Å². The number of benzene rings is 1. The molecule has 0 spiro atoms. The van der Waals surface area contributed by atoms with Gasteiger partial charge in [0.2, 0.25) is 0 Å². The molecule has 0 amide bonds. The van der Waals surface area contributed by atoms with Gasteiger partial charge in [-0.1, -0.05) is 0 Å². The zero-order valence-electron chi connectivity index (χ0n) is 7.77. The maximum atomic E-state index is 5.79. The summed E-state index contributed by atoms with van der Waals surface area (Å²) in [4.78, 5) is 0. The van der Waals surface area contributed by atoms with E-state index < -0.39 is 0 Å². The van der Waals surface area contributed by atoms with Crippen LogP contribution in [0.1, 0.15) is 19.8 Å². The molecule has 2 rings (SSSR count). The summed E-state index contributed by atoms with van der Waals surface area (Å²) in [7, 11) is 0. The second kappa shape index (κ2) is 4.28. The van der Waals surface area contributed by atoms with Crippen molar-refractivity contribution < 1.29 is 4.74 Å². The Morgan fingerprint density at radius 2 is 2.00 bits per heavy atom. The fraction of sp³-hybridized carbons (Fsp3) is 0.455. The van der Waals surface area contributed by atoms with Crippen molar-refractivity contribution in [3.8, 4) is 0 Å². The molecule has 1 aliphatic rings. The van der Waals surface area contributed by atoms with E-state index in [2.05, 4.69) is 37.3 Å². The summed E-state index contributed by atoms with van der Waals surface area (Å²) < 4.78 is 7.25. The van der Waals surface area contributed by atoms with Crippen molar-refractivity contribution in [1.29, 1.82) is 0 Å². The molecule has 70 valence electrons. The van der Waals surface area contributed by atoms with E-state index in [9.17, 15) is 0 Å².